The monoisotopic (exact) mass is 381 g/mol. The number of benzene rings is 2. The average molecular weight is 382 g/mol. The van der Waals surface area contributed by atoms with Crippen molar-refractivity contribution in [2.24, 2.45) is 0 Å². The van der Waals surface area contributed by atoms with E-state index >= 15 is 0 Å². The first-order chi connectivity index (χ1) is 12.6. The third kappa shape index (κ3) is 4.65. The summed E-state index contributed by atoms with van der Waals surface area (Å²) in [5.74, 6) is 0.347. The Labute approximate surface area is 162 Å². The van der Waals surface area contributed by atoms with E-state index in [-0.39, 0.29) is 11.0 Å². The van der Waals surface area contributed by atoms with Crippen molar-refractivity contribution in [1.29, 1.82) is 0 Å². The second-order valence-corrected chi connectivity index (χ2v) is 6.35. The van der Waals surface area contributed by atoms with Crippen molar-refractivity contribution in [1.82, 2.24) is 10.3 Å². The lowest BCUT2D eigenvalue weighted by molar-refractivity contribution is 0.0977. The number of amides is 1. The van der Waals surface area contributed by atoms with Crippen molar-refractivity contribution in [3.63, 3.8) is 0 Å². The number of halogens is 1. The summed E-state index contributed by atoms with van der Waals surface area (Å²) in [7, 11) is 0. The Morgan fingerprint density at radius 1 is 1.04 bits per heavy atom. The quantitative estimate of drug-likeness (QED) is 0.678. The van der Waals surface area contributed by atoms with Crippen LogP contribution in [0.1, 0.15) is 15.9 Å². The van der Waals surface area contributed by atoms with E-state index in [1.165, 1.54) is 0 Å². The van der Waals surface area contributed by atoms with Crippen molar-refractivity contribution in [2.45, 2.75) is 6.54 Å². The SMILES string of the molecule is O=C(NC(=S)N(Cc1ccccc1)c1ccccn1)c1cccc(Cl)c1. The summed E-state index contributed by atoms with van der Waals surface area (Å²) in [6.45, 7) is 0.493. The largest absolute Gasteiger partial charge is 0.299 e. The second-order valence-electron chi connectivity index (χ2n) is 5.53. The van der Waals surface area contributed by atoms with Gasteiger partial charge in [0.05, 0.1) is 6.54 Å². The summed E-state index contributed by atoms with van der Waals surface area (Å²) in [4.78, 5) is 18.6. The van der Waals surface area contributed by atoms with Gasteiger partial charge in [-0.1, -0.05) is 54.1 Å². The molecule has 1 aromatic heterocycles. The minimum atomic E-state index is -0.313. The maximum absolute atomic E-state index is 12.5. The molecule has 0 spiro atoms. The Morgan fingerprint density at radius 2 is 1.81 bits per heavy atom. The summed E-state index contributed by atoms with van der Waals surface area (Å²) < 4.78 is 0. The molecule has 0 radical (unpaired) electrons. The summed E-state index contributed by atoms with van der Waals surface area (Å²) in [6, 6.07) is 22.1. The number of nitrogens with one attached hydrogen (secondary N) is 1. The summed E-state index contributed by atoms with van der Waals surface area (Å²) in [6.07, 6.45) is 1.69. The molecule has 0 unspecified atom stereocenters. The van der Waals surface area contributed by atoms with Crippen LogP contribution in [0.25, 0.3) is 0 Å². The highest BCUT2D eigenvalue weighted by Gasteiger charge is 2.17. The Kier molecular flexibility index (Phi) is 5.94. The van der Waals surface area contributed by atoms with E-state index in [2.05, 4.69) is 10.3 Å². The van der Waals surface area contributed by atoms with Gasteiger partial charge in [0.25, 0.3) is 5.91 Å². The molecule has 0 saturated heterocycles. The predicted octanol–water partition coefficient (Wildman–Crippen LogP) is 4.46. The van der Waals surface area contributed by atoms with Gasteiger partial charge in [-0.25, -0.2) is 4.98 Å². The van der Waals surface area contributed by atoms with E-state index in [9.17, 15) is 4.79 Å². The van der Waals surface area contributed by atoms with Crippen LogP contribution >= 0.6 is 23.8 Å². The van der Waals surface area contributed by atoms with Crippen LogP contribution < -0.4 is 10.2 Å². The number of rotatable bonds is 4. The van der Waals surface area contributed by atoms with Gasteiger partial charge in [-0.2, -0.15) is 0 Å². The van der Waals surface area contributed by atoms with Crippen LogP contribution in [-0.4, -0.2) is 16.0 Å². The molecule has 0 saturated carbocycles. The number of hydrogen-bond donors (Lipinski definition) is 1. The third-order valence-electron chi connectivity index (χ3n) is 3.66. The highest BCUT2D eigenvalue weighted by molar-refractivity contribution is 7.80. The lowest BCUT2D eigenvalue weighted by atomic mass is 10.2. The molecular weight excluding hydrogens is 366 g/mol. The smallest absolute Gasteiger partial charge is 0.257 e. The molecule has 6 heteroatoms. The lowest BCUT2D eigenvalue weighted by Crippen LogP contribution is -2.42. The van der Waals surface area contributed by atoms with E-state index in [4.69, 9.17) is 23.8 Å². The first-order valence-electron chi connectivity index (χ1n) is 7.97. The van der Waals surface area contributed by atoms with Crippen molar-refractivity contribution in [2.75, 3.05) is 4.90 Å². The molecule has 26 heavy (non-hydrogen) atoms. The zero-order valence-electron chi connectivity index (χ0n) is 13.8. The normalized spacial score (nSPS) is 10.2. The number of nitrogens with zero attached hydrogens (tertiary/aromatic N) is 2. The number of pyridine rings is 1. The highest BCUT2D eigenvalue weighted by atomic mass is 35.5. The molecule has 4 nitrogen and oxygen atoms in total. The van der Waals surface area contributed by atoms with Crippen LogP contribution in [0, 0.1) is 0 Å². The number of hydrogen-bond acceptors (Lipinski definition) is 3. The Hall–Kier alpha value is -2.76. The molecule has 0 atom stereocenters. The van der Waals surface area contributed by atoms with Crippen molar-refractivity contribution in [3.05, 3.63) is 95.1 Å². The van der Waals surface area contributed by atoms with Gasteiger partial charge in [0.15, 0.2) is 5.11 Å². The van der Waals surface area contributed by atoms with Gasteiger partial charge in [0.1, 0.15) is 5.82 Å². The zero-order valence-corrected chi connectivity index (χ0v) is 15.4. The van der Waals surface area contributed by atoms with Crippen LogP contribution in [0.3, 0.4) is 0 Å². The van der Waals surface area contributed by atoms with Gasteiger partial charge in [0, 0.05) is 16.8 Å². The van der Waals surface area contributed by atoms with Crippen LogP contribution in [-0.2, 0) is 6.54 Å². The molecular formula is C20H16ClN3OS. The molecule has 0 aliphatic carbocycles. The molecule has 2 aromatic carbocycles. The molecule has 3 aromatic rings. The van der Waals surface area contributed by atoms with Crippen molar-refractivity contribution < 1.29 is 4.79 Å². The van der Waals surface area contributed by atoms with Gasteiger partial charge < -0.3 is 0 Å². The fourth-order valence-corrected chi connectivity index (χ4v) is 2.84. The van der Waals surface area contributed by atoms with Crippen LogP contribution in [0.5, 0.6) is 0 Å². The van der Waals surface area contributed by atoms with E-state index in [0.29, 0.717) is 22.9 Å². The zero-order chi connectivity index (χ0) is 18.4. The Bertz CT molecular complexity index is 903. The highest BCUT2D eigenvalue weighted by Crippen LogP contribution is 2.15. The number of carbonyl (C=O) groups is 1. The fourth-order valence-electron chi connectivity index (χ4n) is 2.40. The average Bonchev–Trinajstić information content (AvgIpc) is 2.67. The molecule has 130 valence electrons. The van der Waals surface area contributed by atoms with E-state index in [1.54, 1.807) is 35.4 Å². The molecule has 0 aliphatic rings. The Morgan fingerprint density at radius 3 is 2.50 bits per heavy atom. The molecule has 1 amide bonds. The van der Waals surface area contributed by atoms with E-state index in [0.717, 1.165) is 5.56 Å². The number of anilines is 1. The van der Waals surface area contributed by atoms with Gasteiger partial charge in [-0.15, -0.1) is 0 Å². The Balaban J connectivity index is 1.82. The maximum Gasteiger partial charge on any atom is 0.257 e. The number of thiocarbonyl (C=S) groups is 1. The molecule has 0 bridgehead atoms. The van der Waals surface area contributed by atoms with Crippen LogP contribution in [0.2, 0.25) is 5.02 Å². The van der Waals surface area contributed by atoms with E-state index < -0.39 is 0 Å². The predicted molar refractivity (Wildman–Crippen MR) is 108 cm³/mol. The lowest BCUT2D eigenvalue weighted by Gasteiger charge is -2.24. The van der Waals surface area contributed by atoms with Gasteiger partial charge in [0.2, 0.25) is 0 Å². The molecule has 1 heterocycles. The first-order valence-corrected chi connectivity index (χ1v) is 8.75. The molecule has 1 N–H and O–H groups in total. The van der Waals surface area contributed by atoms with Crippen molar-refractivity contribution in [3.8, 4) is 0 Å². The minimum absolute atomic E-state index is 0.275. The minimum Gasteiger partial charge on any atom is -0.299 e. The van der Waals surface area contributed by atoms with Gasteiger partial charge in [-0.3, -0.25) is 15.0 Å². The molecule has 0 aliphatic heterocycles. The summed E-state index contributed by atoms with van der Waals surface area (Å²) in [5, 5.41) is 3.53. The molecule has 0 fully saturated rings. The first kappa shape index (κ1) is 18.0. The second kappa shape index (κ2) is 8.56. The van der Waals surface area contributed by atoms with Crippen molar-refractivity contribution >= 4 is 40.7 Å². The van der Waals surface area contributed by atoms with E-state index in [1.807, 2.05) is 48.5 Å². The number of carbonyl (C=O) groups excluding carboxylic acids is 1. The van der Waals surface area contributed by atoms with Crippen LogP contribution in [0.4, 0.5) is 5.82 Å². The van der Waals surface area contributed by atoms with Crippen LogP contribution in [0.15, 0.2) is 79.0 Å². The summed E-state index contributed by atoms with van der Waals surface area (Å²) in [5.41, 5.74) is 1.50. The topological polar surface area (TPSA) is 45.2 Å². The fraction of sp³-hybridized carbons (Fsp3) is 0.0500. The third-order valence-corrected chi connectivity index (χ3v) is 4.22. The molecule has 3 rings (SSSR count). The van der Waals surface area contributed by atoms with Gasteiger partial charge >= 0.3 is 0 Å². The summed E-state index contributed by atoms with van der Waals surface area (Å²) >= 11 is 11.4. The standard InChI is InChI=1S/C20H16ClN3OS/c21-17-10-6-9-16(13-17)19(25)23-20(26)24(18-11-4-5-12-22-18)14-15-7-2-1-3-8-15/h1-13H,14H2,(H,23,25,26). The number of aromatic nitrogens is 1. The maximum atomic E-state index is 12.5. The van der Waals surface area contributed by atoms with Gasteiger partial charge in [-0.05, 0) is 48.1 Å².